The van der Waals surface area contributed by atoms with Gasteiger partial charge in [0.1, 0.15) is 0 Å². The van der Waals surface area contributed by atoms with Crippen molar-refractivity contribution in [3.8, 4) is 16.8 Å². The Kier molecular flexibility index (Phi) is 5.49. The maximum atomic E-state index is 2.63. The molecule has 0 fully saturated rings. The van der Waals surface area contributed by atoms with Crippen LogP contribution in [0.15, 0.2) is 109 Å². The van der Waals surface area contributed by atoms with Gasteiger partial charge in [-0.1, -0.05) is 108 Å². The van der Waals surface area contributed by atoms with Gasteiger partial charge in [-0.3, -0.25) is 0 Å². The van der Waals surface area contributed by atoms with Gasteiger partial charge >= 0.3 is 6.85 Å². The molecular formula is C43H39BN2. The molecule has 0 radical (unpaired) electrons. The smallest absolute Gasteiger partial charge is 0.333 e. The van der Waals surface area contributed by atoms with E-state index in [0.717, 1.165) is 0 Å². The summed E-state index contributed by atoms with van der Waals surface area (Å²) in [5, 5.41) is 5.20. The van der Waals surface area contributed by atoms with Gasteiger partial charge in [-0.15, -0.1) is 0 Å². The standard InChI is InChI=1S/C43H39BN2/c1-26-21-35-34-25-30(43(5,6)7)17-20-37(34)46(31-18-15-29(16-19-31)42(2,3)4)44-36-14-10-13-32-33-23-27-11-8-9-12-28(27)24-38(33)45(41(32)36)39(22-26)40(35)44/h8-25H,1-7H3. The van der Waals surface area contributed by atoms with Crippen molar-refractivity contribution in [3.63, 3.8) is 0 Å². The van der Waals surface area contributed by atoms with Gasteiger partial charge in [-0.25, -0.2) is 0 Å². The van der Waals surface area contributed by atoms with Gasteiger partial charge in [-0.2, -0.15) is 0 Å². The summed E-state index contributed by atoms with van der Waals surface area (Å²) in [7, 11) is 0. The van der Waals surface area contributed by atoms with Crippen molar-refractivity contribution in [1.82, 2.24) is 4.57 Å². The monoisotopic (exact) mass is 594 g/mol. The molecule has 0 atom stereocenters. The van der Waals surface area contributed by atoms with Crippen LogP contribution in [0.5, 0.6) is 0 Å². The normalized spacial score (nSPS) is 13.9. The number of hydrogen-bond acceptors (Lipinski definition) is 1. The Labute approximate surface area is 272 Å². The Morgan fingerprint density at radius 3 is 1.98 bits per heavy atom. The molecule has 1 aromatic heterocycles. The number of hydrogen-bond donors (Lipinski definition) is 0. The fourth-order valence-corrected chi connectivity index (χ4v) is 8.12. The maximum Gasteiger partial charge on any atom is 0.333 e. The summed E-state index contributed by atoms with van der Waals surface area (Å²) >= 11 is 0. The summed E-state index contributed by atoms with van der Waals surface area (Å²) in [6.07, 6.45) is 0. The largest absolute Gasteiger partial charge is 0.376 e. The third kappa shape index (κ3) is 3.78. The summed E-state index contributed by atoms with van der Waals surface area (Å²) in [5.41, 5.74) is 16.0. The van der Waals surface area contributed by atoms with Gasteiger partial charge in [0.15, 0.2) is 0 Å². The first-order valence-corrected chi connectivity index (χ1v) is 16.6. The van der Waals surface area contributed by atoms with E-state index in [1.165, 1.54) is 88.4 Å². The van der Waals surface area contributed by atoms with Crippen LogP contribution in [0.4, 0.5) is 11.4 Å². The summed E-state index contributed by atoms with van der Waals surface area (Å²) < 4.78 is 2.58. The predicted molar refractivity (Wildman–Crippen MR) is 199 cm³/mol. The zero-order valence-electron chi connectivity index (χ0n) is 27.9. The van der Waals surface area contributed by atoms with Crippen LogP contribution in [0, 0.1) is 6.92 Å². The van der Waals surface area contributed by atoms with Crippen LogP contribution in [0.1, 0.15) is 58.2 Å². The van der Waals surface area contributed by atoms with Gasteiger partial charge in [0.05, 0.1) is 11.0 Å². The van der Waals surface area contributed by atoms with Crippen LogP contribution in [-0.2, 0) is 10.8 Å². The number of nitrogens with zero attached hydrogens (tertiary/aromatic N) is 2. The molecule has 7 aromatic rings. The summed E-state index contributed by atoms with van der Waals surface area (Å²) in [4.78, 5) is 2.63. The molecule has 3 heterocycles. The van der Waals surface area contributed by atoms with E-state index in [1.807, 2.05) is 0 Å². The van der Waals surface area contributed by atoms with Crippen molar-refractivity contribution in [2.24, 2.45) is 0 Å². The van der Waals surface area contributed by atoms with Crippen molar-refractivity contribution < 1.29 is 0 Å². The average molecular weight is 595 g/mol. The highest BCUT2D eigenvalue weighted by molar-refractivity contribution is 6.93. The molecule has 0 N–H and O–H groups in total. The molecule has 224 valence electrons. The lowest BCUT2D eigenvalue weighted by molar-refractivity contribution is 0.590. The van der Waals surface area contributed by atoms with E-state index in [9.17, 15) is 0 Å². The second kappa shape index (κ2) is 9.16. The molecule has 2 nitrogen and oxygen atoms in total. The summed E-state index contributed by atoms with van der Waals surface area (Å²) in [6, 6.07) is 42.0. The Morgan fingerprint density at radius 1 is 0.565 bits per heavy atom. The third-order valence-corrected chi connectivity index (χ3v) is 10.5. The molecule has 0 saturated carbocycles. The van der Waals surface area contributed by atoms with Crippen molar-refractivity contribution in [3.05, 3.63) is 126 Å². The number of aryl methyl sites for hydroxylation is 1. The molecular weight excluding hydrogens is 555 g/mol. The molecule has 0 unspecified atom stereocenters. The molecule has 9 rings (SSSR count). The second-order valence-corrected chi connectivity index (χ2v) is 15.6. The van der Waals surface area contributed by atoms with Crippen LogP contribution in [0.2, 0.25) is 0 Å². The zero-order valence-corrected chi connectivity index (χ0v) is 27.9. The molecule has 3 heteroatoms. The maximum absolute atomic E-state index is 2.63. The van der Waals surface area contributed by atoms with Gasteiger partial charge in [-0.05, 0) is 104 Å². The van der Waals surface area contributed by atoms with Crippen LogP contribution in [-0.4, -0.2) is 11.4 Å². The molecule has 0 spiro atoms. The van der Waals surface area contributed by atoms with E-state index in [0.29, 0.717) is 0 Å². The van der Waals surface area contributed by atoms with Crippen LogP contribution < -0.4 is 15.7 Å². The second-order valence-electron chi connectivity index (χ2n) is 15.6. The highest BCUT2D eigenvalue weighted by Gasteiger charge is 2.44. The van der Waals surface area contributed by atoms with Gasteiger partial charge in [0.2, 0.25) is 0 Å². The van der Waals surface area contributed by atoms with E-state index >= 15 is 0 Å². The number of aromatic nitrogens is 1. The van der Waals surface area contributed by atoms with Crippen molar-refractivity contribution in [2.45, 2.75) is 59.3 Å². The fraction of sp³-hybridized carbons (Fsp3) is 0.209. The number of benzene rings is 6. The predicted octanol–water partition coefficient (Wildman–Crippen LogP) is 10.1. The van der Waals surface area contributed by atoms with Gasteiger partial charge in [0.25, 0.3) is 0 Å². The van der Waals surface area contributed by atoms with Crippen molar-refractivity contribution in [2.75, 3.05) is 4.81 Å². The number of fused-ring (bicyclic) bond motifs is 8. The van der Waals surface area contributed by atoms with Gasteiger partial charge in [0, 0.05) is 33.4 Å². The lowest BCUT2D eigenvalue weighted by atomic mass is 9.44. The molecule has 0 amide bonds. The highest BCUT2D eigenvalue weighted by Crippen LogP contribution is 2.46. The van der Waals surface area contributed by atoms with Gasteiger partial charge < -0.3 is 9.38 Å². The van der Waals surface area contributed by atoms with E-state index in [2.05, 4.69) is 167 Å². The van der Waals surface area contributed by atoms with Crippen LogP contribution in [0.3, 0.4) is 0 Å². The van der Waals surface area contributed by atoms with Crippen LogP contribution in [0.25, 0.3) is 49.4 Å². The summed E-state index contributed by atoms with van der Waals surface area (Å²) in [5.74, 6) is 0. The number of anilines is 2. The Bertz CT molecular complexity index is 2400. The quantitative estimate of drug-likeness (QED) is 0.172. The average Bonchev–Trinajstić information content (AvgIpc) is 3.35. The molecule has 0 saturated heterocycles. The third-order valence-electron chi connectivity index (χ3n) is 10.5. The lowest BCUT2D eigenvalue weighted by Crippen LogP contribution is -2.60. The lowest BCUT2D eigenvalue weighted by Gasteiger charge is -2.43. The van der Waals surface area contributed by atoms with E-state index < -0.39 is 0 Å². The fourth-order valence-electron chi connectivity index (χ4n) is 8.12. The van der Waals surface area contributed by atoms with Crippen LogP contribution >= 0.6 is 0 Å². The Balaban J connectivity index is 1.43. The molecule has 0 bridgehead atoms. The minimum absolute atomic E-state index is 0.0470. The SMILES string of the molecule is Cc1cc2c3c(c1)-n1c4cc5ccccc5cc4c4cccc(c41)B3N(c1ccc(C(C)(C)C)cc1)c1ccc(C(C)(C)C)cc1-2. The van der Waals surface area contributed by atoms with Crippen molar-refractivity contribution >= 4 is 61.7 Å². The number of para-hydroxylation sites is 1. The van der Waals surface area contributed by atoms with E-state index in [-0.39, 0.29) is 17.7 Å². The van der Waals surface area contributed by atoms with E-state index in [4.69, 9.17) is 0 Å². The molecule has 2 aliphatic rings. The van der Waals surface area contributed by atoms with E-state index in [1.54, 1.807) is 0 Å². The summed E-state index contributed by atoms with van der Waals surface area (Å²) in [6.45, 7) is 16.1. The first-order chi connectivity index (χ1) is 22.0. The first-order valence-electron chi connectivity index (χ1n) is 16.6. The Hall–Kier alpha value is -4.76. The zero-order chi connectivity index (χ0) is 31.7. The topological polar surface area (TPSA) is 8.17 Å². The molecule has 46 heavy (non-hydrogen) atoms. The minimum Gasteiger partial charge on any atom is -0.376 e. The Morgan fingerprint density at radius 2 is 1.26 bits per heavy atom. The molecule has 0 aliphatic carbocycles. The first kappa shape index (κ1) is 27.5. The van der Waals surface area contributed by atoms with Crippen molar-refractivity contribution in [1.29, 1.82) is 0 Å². The molecule has 6 aromatic carbocycles. The number of rotatable bonds is 1. The highest BCUT2D eigenvalue weighted by atomic mass is 15.1. The minimum atomic E-state index is 0.0470. The molecule has 2 aliphatic heterocycles.